The van der Waals surface area contributed by atoms with Crippen molar-refractivity contribution < 1.29 is 8.91 Å². The smallest absolute Gasteiger partial charge is 0.315 e. The summed E-state index contributed by atoms with van der Waals surface area (Å²) in [7, 11) is 0. The molecule has 0 aliphatic heterocycles. The van der Waals surface area contributed by atoms with Gasteiger partial charge in [-0.05, 0) is 49.2 Å². The molecule has 5 heteroatoms. The summed E-state index contributed by atoms with van der Waals surface area (Å²) < 4.78 is 18.8. The molecule has 106 valence electrons. The maximum atomic E-state index is 13.7. The van der Waals surface area contributed by atoms with Crippen LogP contribution in [0.1, 0.15) is 11.1 Å². The van der Waals surface area contributed by atoms with Crippen LogP contribution in [0.15, 0.2) is 47.0 Å². The molecule has 1 aromatic heterocycles. The standard InChI is InChI=1S/C16H14FN3O/c1-10-7-11(2)9-12(8-10)18-16-19-15(20-21-16)13-5-3-4-6-14(13)17/h3-9H,1-2H3,(H,18,19,20). The summed E-state index contributed by atoms with van der Waals surface area (Å²) in [6, 6.07) is 12.6. The summed E-state index contributed by atoms with van der Waals surface area (Å²) >= 11 is 0. The Morgan fingerprint density at radius 3 is 2.48 bits per heavy atom. The maximum Gasteiger partial charge on any atom is 0.326 e. The fourth-order valence-electron chi connectivity index (χ4n) is 2.20. The molecular formula is C16H14FN3O. The lowest BCUT2D eigenvalue weighted by molar-refractivity contribution is 0.435. The molecule has 2 aromatic carbocycles. The lowest BCUT2D eigenvalue weighted by atomic mass is 10.1. The first-order valence-corrected chi connectivity index (χ1v) is 6.56. The summed E-state index contributed by atoms with van der Waals surface area (Å²) in [5.41, 5.74) is 3.43. The first-order valence-electron chi connectivity index (χ1n) is 6.56. The van der Waals surface area contributed by atoms with Crippen LogP contribution in [0.25, 0.3) is 11.4 Å². The molecule has 0 amide bonds. The molecule has 0 aliphatic rings. The summed E-state index contributed by atoms with van der Waals surface area (Å²) in [4.78, 5) is 4.17. The zero-order valence-corrected chi connectivity index (χ0v) is 11.7. The molecule has 0 saturated carbocycles. The molecule has 0 spiro atoms. The van der Waals surface area contributed by atoms with E-state index in [0.29, 0.717) is 5.56 Å². The van der Waals surface area contributed by atoms with Crippen LogP contribution in [0.2, 0.25) is 0 Å². The lowest BCUT2D eigenvalue weighted by Gasteiger charge is -2.04. The van der Waals surface area contributed by atoms with E-state index in [-0.39, 0.29) is 17.7 Å². The molecule has 0 aliphatic carbocycles. The number of nitrogens with zero attached hydrogens (tertiary/aromatic N) is 2. The second-order valence-corrected chi connectivity index (χ2v) is 4.90. The Morgan fingerprint density at radius 1 is 1.05 bits per heavy atom. The zero-order valence-electron chi connectivity index (χ0n) is 11.7. The topological polar surface area (TPSA) is 51.0 Å². The Labute approximate surface area is 121 Å². The number of aromatic nitrogens is 2. The van der Waals surface area contributed by atoms with E-state index in [0.717, 1.165) is 16.8 Å². The summed E-state index contributed by atoms with van der Waals surface area (Å²) in [5.74, 6) is -0.156. The van der Waals surface area contributed by atoms with Crippen molar-refractivity contribution in [1.29, 1.82) is 0 Å². The average molecular weight is 283 g/mol. The van der Waals surface area contributed by atoms with Gasteiger partial charge in [0, 0.05) is 5.69 Å². The number of aryl methyl sites for hydroxylation is 2. The van der Waals surface area contributed by atoms with E-state index in [1.807, 2.05) is 26.0 Å². The molecule has 0 fully saturated rings. The number of hydrogen-bond acceptors (Lipinski definition) is 4. The second-order valence-electron chi connectivity index (χ2n) is 4.90. The molecule has 3 rings (SSSR count). The minimum Gasteiger partial charge on any atom is -0.315 e. The van der Waals surface area contributed by atoms with Crippen molar-refractivity contribution in [2.45, 2.75) is 13.8 Å². The summed E-state index contributed by atoms with van der Waals surface area (Å²) in [6.07, 6.45) is 0. The zero-order chi connectivity index (χ0) is 14.8. The van der Waals surface area contributed by atoms with Crippen molar-refractivity contribution >= 4 is 11.7 Å². The molecule has 1 N–H and O–H groups in total. The van der Waals surface area contributed by atoms with Gasteiger partial charge in [-0.25, -0.2) is 4.39 Å². The van der Waals surface area contributed by atoms with Crippen LogP contribution < -0.4 is 5.32 Å². The highest BCUT2D eigenvalue weighted by Gasteiger charge is 2.12. The van der Waals surface area contributed by atoms with Crippen molar-refractivity contribution in [1.82, 2.24) is 10.1 Å². The maximum absolute atomic E-state index is 13.7. The number of anilines is 2. The number of halogens is 1. The van der Waals surface area contributed by atoms with E-state index in [9.17, 15) is 4.39 Å². The number of nitrogens with one attached hydrogen (secondary N) is 1. The van der Waals surface area contributed by atoms with Gasteiger partial charge in [0.2, 0.25) is 5.82 Å². The Morgan fingerprint density at radius 2 is 1.76 bits per heavy atom. The van der Waals surface area contributed by atoms with Gasteiger partial charge >= 0.3 is 6.01 Å². The fourth-order valence-corrected chi connectivity index (χ4v) is 2.20. The molecule has 0 saturated heterocycles. The van der Waals surface area contributed by atoms with Crippen LogP contribution in [-0.4, -0.2) is 10.1 Å². The average Bonchev–Trinajstić information content (AvgIpc) is 2.86. The van der Waals surface area contributed by atoms with Crippen LogP contribution in [0.3, 0.4) is 0 Å². The van der Waals surface area contributed by atoms with Gasteiger partial charge in [0.25, 0.3) is 0 Å². The van der Waals surface area contributed by atoms with Gasteiger partial charge in [0.05, 0.1) is 5.56 Å². The van der Waals surface area contributed by atoms with Crippen molar-refractivity contribution in [2.24, 2.45) is 0 Å². The van der Waals surface area contributed by atoms with E-state index in [1.54, 1.807) is 18.2 Å². The third-order valence-corrected chi connectivity index (χ3v) is 3.01. The van der Waals surface area contributed by atoms with Crippen LogP contribution in [0.4, 0.5) is 16.1 Å². The SMILES string of the molecule is Cc1cc(C)cc(Nc2nc(-c3ccccc3F)no2)c1. The van der Waals surface area contributed by atoms with E-state index < -0.39 is 0 Å². The van der Waals surface area contributed by atoms with Gasteiger partial charge < -0.3 is 9.84 Å². The molecule has 0 atom stereocenters. The highest BCUT2D eigenvalue weighted by molar-refractivity contribution is 5.59. The predicted molar refractivity (Wildman–Crippen MR) is 78.9 cm³/mol. The van der Waals surface area contributed by atoms with Crippen LogP contribution in [0, 0.1) is 19.7 Å². The van der Waals surface area contributed by atoms with E-state index in [4.69, 9.17) is 4.52 Å². The van der Waals surface area contributed by atoms with Crippen LogP contribution >= 0.6 is 0 Å². The predicted octanol–water partition coefficient (Wildman–Crippen LogP) is 4.24. The monoisotopic (exact) mass is 283 g/mol. The molecule has 21 heavy (non-hydrogen) atoms. The summed E-state index contributed by atoms with van der Waals surface area (Å²) in [6.45, 7) is 4.02. The van der Waals surface area contributed by atoms with Gasteiger partial charge in [-0.15, -0.1) is 0 Å². The molecule has 0 radical (unpaired) electrons. The molecular weight excluding hydrogens is 269 g/mol. The third kappa shape index (κ3) is 2.91. The Kier molecular flexibility index (Phi) is 3.39. The van der Waals surface area contributed by atoms with Crippen LogP contribution in [-0.2, 0) is 0 Å². The minimum absolute atomic E-state index is 0.222. The van der Waals surface area contributed by atoms with Gasteiger partial charge in [-0.2, -0.15) is 4.98 Å². The molecule has 0 bridgehead atoms. The van der Waals surface area contributed by atoms with Gasteiger partial charge in [-0.3, -0.25) is 0 Å². The molecule has 1 heterocycles. The normalized spacial score (nSPS) is 10.6. The van der Waals surface area contributed by atoms with Crippen LogP contribution in [0.5, 0.6) is 0 Å². The Balaban J connectivity index is 1.87. The molecule has 0 unspecified atom stereocenters. The van der Waals surface area contributed by atoms with Gasteiger partial charge in [-0.1, -0.05) is 23.4 Å². The largest absolute Gasteiger partial charge is 0.326 e. The number of hydrogen-bond donors (Lipinski definition) is 1. The van der Waals surface area contributed by atoms with Crippen molar-refractivity contribution in [2.75, 3.05) is 5.32 Å². The lowest BCUT2D eigenvalue weighted by Crippen LogP contribution is -1.92. The van der Waals surface area contributed by atoms with Crippen molar-refractivity contribution in [3.63, 3.8) is 0 Å². The van der Waals surface area contributed by atoms with E-state index in [1.165, 1.54) is 6.07 Å². The quantitative estimate of drug-likeness (QED) is 0.781. The highest BCUT2D eigenvalue weighted by atomic mass is 19.1. The van der Waals surface area contributed by atoms with Crippen molar-refractivity contribution in [3.05, 3.63) is 59.4 Å². The Bertz CT molecular complexity index is 762. The minimum atomic E-state index is -0.378. The Hall–Kier alpha value is -2.69. The molecule has 3 aromatic rings. The van der Waals surface area contributed by atoms with Gasteiger partial charge in [0.1, 0.15) is 5.82 Å². The third-order valence-electron chi connectivity index (χ3n) is 3.01. The van der Waals surface area contributed by atoms with Crippen molar-refractivity contribution in [3.8, 4) is 11.4 Å². The molecule has 4 nitrogen and oxygen atoms in total. The first kappa shape index (κ1) is 13.3. The highest BCUT2D eigenvalue weighted by Crippen LogP contribution is 2.23. The number of benzene rings is 2. The summed E-state index contributed by atoms with van der Waals surface area (Å²) in [5, 5.41) is 6.83. The number of rotatable bonds is 3. The van der Waals surface area contributed by atoms with E-state index in [2.05, 4.69) is 21.5 Å². The first-order chi connectivity index (χ1) is 10.1. The van der Waals surface area contributed by atoms with E-state index >= 15 is 0 Å². The van der Waals surface area contributed by atoms with Gasteiger partial charge in [0.15, 0.2) is 0 Å². The second kappa shape index (κ2) is 5.36. The fraction of sp³-hybridized carbons (Fsp3) is 0.125.